The molecule has 11 atom stereocenters. The molecular weight excluding hydrogens is 542 g/mol. The smallest absolute Gasteiger partial charge is 0.328 e. The maximum Gasteiger partial charge on any atom is 0.328 e. The third-order valence-corrected chi connectivity index (χ3v) is 15.1. The lowest BCUT2D eigenvalue weighted by atomic mass is 9.33. The molecule has 7 nitrogen and oxygen atoms in total. The molecule has 240 valence electrons. The topological polar surface area (TPSA) is 104 Å². The van der Waals surface area contributed by atoms with Gasteiger partial charge in [0.05, 0.1) is 19.3 Å². The molecule has 1 amide bonds. The number of esters is 1. The Labute approximate surface area is 258 Å². The highest BCUT2D eigenvalue weighted by Crippen LogP contribution is 2.75. The molecule has 5 aliphatic carbocycles. The highest BCUT2D eigenvalue weighted by Gasteiger charge is 2.70. The Morgan fingerprint density at radius 1 is 0.930 bits per heavy atom. The number of hydrogen-bond donors (Lipinski definition) is 2. The van der Waals surface area contributed by atoms with Crippen LogP contribution in [0.15, 0.2) is 11.6 Å². The van der Waals surface area contributed by atoms with Crippen LogP contribution in [0.25, 0.3) is 0 Å². The highest BCUT2D eigenvalue weighted by atomic mass is 16.5. The minimum atomic E-state index is -0.751. The average Bonchev–Trinajstić information content (AvgIpc) is 3.33. The summed E-state index contributed by atoms with van der Waals surface area (Å²) in [5.74, 6) is 0.0399. The van der Waals surface area contributed by atoms with Crippen LogP contribution in [0.1, 0.15) is 113 Å². The molecule has 0 unspecified atom stereocenters. The molecule has 7 heteroatoms. The summed E-state index contributed by atoms with van der Waals surface area (Å²) < 4.78 is 5.00. The molecule has 0 spiro atoms. The van der Waals surface area contributed by atoms with Gasteiger partial charge in [0.2, 0.25) is 5.91 Å². The second kappa shape index (κ2) is 9.64. The number of methoxy groups -OCH3 is 1. The lowest BCUT2D eigenvalue weighted by Crippen LogP contribution is -2.66. The molecule has 0 bridgehead atoms. The van der Waals surface area contributed by atoms with Crippen molar-refractivity contribution < 1.29 is 29.3 Å². The first-order valence-corrected chi connectivity index (χ1v) is 16.9. The SMILES string of the molecule is COC(=O)[C@@H]1C[C@@H](O)CN1C(=O)[C@@]1(C)CC[C@]2(C)CC[C@]3(C)C(=CC(=O)[C@@H]4[C@@]5(C)CC[C@H](O)C(C)(C)[C@@H]5CC[C@]43C)[C@@H]2C1. The standard InChI is InChI=1S/C36H55NO6/c1-31(2)26-9-12-36(7)28(34(26,5)11-10-27(31)40)25(39)18-22-23-19-33(4,14-13-32(23,3)15-16-35(22,36)6)30(42)37-20-21(38)17-24(37)29(41)43-8/h18,21,23-24,26-28,38,40H,9-17,19-20H2,1-8H3/t21-,23+,24+,26+,27+,28-,32-,33+,34+,35-,36-/m1/s1. The molecule has 0 radical (unpaired) electrons. The summed E-state index contributed by atoms with van der Waals surface area (Å²) in [6, 6.07) is -0.751. The maximum absolute atomic E-state index is 14.6. The van der Waals surface area contributed by atoms with Gasteiger partial charge in [0.25, 0.3) is 0 Å². The number of likely N-dealkylation sites (tertiary alicyclic amines) is 1. The maximum atomic E-state index is 14.6. The van der Waals surface area contributed by atoms with E-state index in [0.717, 1.165) is 51.4 Å². The van der Waals surface area contributed by atoms with Crippen LogP contribution in [0.2, 0.25) is 0 Å². The molecule has 6 aliphatic rings. The highest BCUT2D eigenvalue weighted by molar-refractivity contribution is 5.96. The Kier molecular flexibility index (Phi) is 7.01. The largest absolute Gasteiger partial charge is 0.467 e. The summed E-state index contributed by atoms with van der Waals surface area (Å²) in [4.78, 5) is 43.0. The molecule has 6 rings (SSSR count). The number of carbonyl (C=O) groups excluding carboxylic acids is 3. The van der Waals surface area contributed by atoms with Crippen molar-refractivity contribution in [1.29, 1.82) is 0 Å². The van der Waals surface area contributed by atoms with E-state index in [1.54, 1.807) is 4.90 Å². The van der Waals surface area contributed by atoms with E-state index in [1.807, 2.05) is 13.0 Å². The summed E-state index contributed by atoms with van der Waals surface area (Å²) in [5.41, 5.74) is -0.134. The number of rotatable bonds is 2. The second-order valence-corrected chi connectivity index (χ2v) is 17.5. The molecule has 0 aromatic carbocycles. The second-order valence-electron chi connectivity index (χ2n) is 17.5. The molecule has 2 N–H and O–H groups in total. The van der Waals surface area contributed by atoms with Crippen molar-refractivity contribution in [3.8, 4) is 0 Å². The van der Waals surface area contributed by atoms with Crippen molar-refractivity contribution in [2.24, 2.45) is 50.2 Å². The summed E-state index contributed by atoms with van der Waals surface area (Å²) in [7, 11) is 1.33. The van der Waals surface area contributed by atoms with Gasteiger partial charge in [0.15, 0.2) is 5.78 Å². The number of β-amino-alcohol motifs (C(OH)–C–C–N with tert-alkyl or cyclic N) is 1. The minimum absolute atomic E-state index is 0.0128. The van der Waals surface area contributed by atoms with Crippen LogP contribution in [-0.4, -0.2) is 64.7 Å². The Balaban J connectivity index is 1.37. The molecule has 1 saturated heterocycles. The van der Waals surface area contributed by atoms with Crippen molar-refractivity contribution in [1.82, 2.24) is 4.90 Å². The molecule has 0 aromatic heterocycles. The molecule has 1 aliphatic heterocycles. The van der Waals surface area contributed by atoms with E-state index in [1.165, 1.54) is 12.7 Å². The molecule has 4 saturated carbocycles. The van der Waals surface area contributed by atoms with Crippen LogP contribution in [0.5, 0.6) is 0 Å². The van der Waals surface area contributed by atoms with Gasteiger partial charge in [-0.15, -0.1) is 0 Å². The molecule has 0 aromatic rings. The predicted molar refractivity (Wildman–Crippen MR) is 164 cm³/mol. The van der Waals surface area contributed by atoms with Crippen molar-refractivity contribution in [2.45, 2.75) is 131 Å². The lowest BCUT2D eigenvalue weighted by molar-refractivity contribution is -0.202. The molecule has 1 heterocycles. The van der Waals surface area contributed by atoms with E-state index in [0.29, 0.717) is 12.3 Å². The Morgan fingerprint density at radius 3 is 2.28 bits per heavy atom. The fourth-order valence-electron chi connectivity index (χ4n) is 12.1. The van der Waals surface area contributed by atoms with Crippen LogP contribution in [0, 0.1) is 50.2 Å². The zero-order valence-electron chi connectivity index (χ0n) is 27.8. The minimum Gasteiger partial charge on any atom is -0.467 e. The number of ether oxygens (including phenoxy) is 1. The van der Waals surface area contributed by atoms with Gasteiger partial charge in [-0.05, 0) is 103 Å². The van der Waals surface area contributed by atoms with Crippen LogP contribution < -0.4 is 0 Å². The number of fused-ring (bicyclic) bond motifs is 7. The van der Waals surface area contributed by atoms with Crippen LogP contribution in [0.3, 0.4) is 0 Å². The summed E-state index contributed by atoms with van der Waals surface area (Å²) in [6.45, 7) is 16.1. The molecular formula is C36H55NO6. The predicted octanol–water partition coefficient (Wildman–Crippen LogP) is 5.46. The third kappa shape index (κ3) is 4.08. The van der Waals surface area contributed by atoms with Crippen molar-refractivity contribution in [2.75, 3.05) is 13.7 Å². The number of aliphatic hydroxyl groups is 2. The van der Waals surface area contributed by atoms with Gasteiger partial charge in [-0.25, -0.2) is 4.79 Å². The van der Waals surface area contributed by atoms with Crippen LogP contribution >= 0.6 is 0 Å². The van der Waals surface area contributed by atoms with Gasteiger partial charge in [-0.2, -0.15) is 0 Å². The Hall–Kier alpha value is -1.73. The zero-order chi connectivity index (χ0) is 31.5. The summed E-state index contributed by atoms with van der Waals surface area (Å²) in [5, 5.41) is 21.4. The Morgan fingerprint density at radius 2 is 1.60 bits per heavy atom. The van der Waals surface area contributed by atoms with E-state index in [-0.39, 0.29) is 69.7 Å². The number of hydrogen-bond acceptors (Lipinski definition) is 6. The van der Waals surface area contributed by atoms with Crippen LogP contribution in [-0.2, 0) is 19.1 Å². The molecule has 5 fully saturated rings. The Bertz CT molecular complexity index is 1260. The number of allylic oxidation sites excluding steroid dienone is 2. The van der Waals surface area contributed by atoms with E-state index in [2.05, 4.69) is 41.5 Å². The van der Waals surface area contributed by atoms with Gasteiger partial charge >= 0.3 is 5.97 Å². The van der Waals surface area contributed by atoms with E-state index in [4.69, 9.17) is 4.74 Å². The number of amides is 1. The number of aliphatic hydroxyl groups excluding tert-OH is 2. The van der Waals surface area contributed by atoms with Gasteiger partial charge in [0, 0.05) is 24.3 Å². The lowest BCUT2D eigenvalue weighted by Gasteiger charge is -2.70. The first-order chi connectivity index (χ1) is 19.9. The quantitative estimate of drug-likeness (QED) is 0.410. The molecule has 43 heavy (non-hydrogen) atoms. The van der Waals surface area contributed by atoms with E-state index < -0.39 is 23.5 Å². The van der Waals surface area contributed by atoms with Crippen molar-refractivity contribution in [3.63, 3.8) is 0 Å². The van der Waals surface area contributed by atoms with E-state index >= 15 is 0 Å². The van der Waals surface area contributed by atoms with Crippen molar-refractivity contribution in [3.05, 3.63) is 11.6 Å². The monoisotopic (exact) mass is 597 g/mol. The van der Waals surface area contributed by atoms with Gasteiger partial charge in [0.1, 0.15) is 6.04 Å². The fourth-order valence-corrected chi connectivity index (χ4v) is 12.1. The normalized spacial score (nSPS) is 50.5. The van der Waals surface area contributed by atoms with Gasteiger partial charge < -0.3 is 19.8 Å². The van der Waals surface area contributed by atoms with Crippen LogP contribution in [0.4, 0.5) is 0 Å². The zero-order valence-corrected chi connectivity index (χ0v) is 27.8. The fraction of sp³-hybridized carbons (Fsp3) is 0.861. The number of ketones is 1. The van der Waals surface area contributed by atoms with E-state index in [9.17, 15) is 24.6 Å². The number of carbonyl (C=O) groups is 3. The van der Waals surface area contributed by atoms with Crippen molar-refractivity contribution >= 4 is 17.7 Å². The summed E-state index contributed by atoms with van der Waals surface area (Å²) >= 11 is 0. The number of nitrogens with zero attached hydrogens (tertiary/aromatic N) is 1. The first-order valence-electron chi connectivity index (χ1n) is 16.9. The van der Waals surface area contributed by atoms with Gasteiger partial charge in [-0.3, -0.25) is 9.59 Å². The average molecular weight is 598 g/mol. The first kappa shape index (κ1) is 31.3. The van der Waals surface area contributed by atoms with Gasteiger partial charge in [-0.1, -0.05) is 54.0 Å². The third-order valence-electron chi connectivity index (χ3n) is 15.1. The summed E-state index contributed by atoms with van der Waals surface area (Å²) in [6.07, 6.45) is 9.19.